The van der Waals surface area contributed by atoms with E-state index < -0.39 is 180 Å². The molecule has 8 fully saturated rings. The topological polar surface area (TPSA) is 270 Å². The van der Waals surface area contributed by atoms with Gasteiger partial charge in [0.1, 0.15) is 60.0 Å². The van der Waals surface area contributed by atoms with Crippen molar-refractivity contribution in [2.24, 2.45) is 41.4 Å². The molecular weight excluding hydrogens is 1420 g/mol. The monoisotopic (exact) mass is 1550 g/mol. The minimum atomic E-state index is -4.52. The number of carbonyl (C=O) groups excluding carboxylic acids is 12. The van der Waals surface area contributed by atoms with Gasteiger partial charge in [-0.05, 0) is 164 Å². The first-order valence-corrected chi connectivity index (χ1v) is 41.2. The molecule has 3 saturated heterocycles. The molecule has 8 rings (SSSR count). The van der Waals surface area contributed by atoms with E-state index >= 15 is 43.2 Å². The fourth-order valence-electron chi connectivity index (χ4n) is 18.8. The maximum absolute atomic E-state index is 16.3. The molecule has 0 aromatic rings. The third-order valence-electron chi connectivity index (χ3n) is 25.6. The number of nitrogens with zero attached hydrogens (tertiary/aromatic N) is 9. The summed E-state index contributed by atoms with van der Waals surface area (Å²) >= 11 is 6.45. The Labute approximate surface area is 643 Å². The number of halogens is 5. The number of hydrogen-bond acceptors (Lipinski definition) is 12. The number of amides is 12. The second-order valence-electron chi connectivity index (χ2n) is 34.0. The maximum Gasteiger partial charge on any atom is 0.393 e. The van der Waals surface area contributed by atoms with Gasteiger partial charge in [0.25, 0.3) is 0 Å². The van der Waals surface area contributed by atoms with Crippen molar-refractivity contribution in [3.05, 3.63) is 0 Å². The summed E-state index contributed by atoms with van der Waals surface area (Å²) in [5, 5.41) is 7.72. The van der Waals surface area contributed by atoms with Crippen molar-refractivity contribution in [2.75, 3.05) is 82.1 Å². The van der Waals surface area contributed by atoms with E-state index in [0.29, 0.717) is 77.0 Å². The first-order valence-electron chi connectivity index (χ1n) is 40.7. The zero-order chi connectivity index (χ0) is 79.2. The zero-order valence-corrected chi connectivity index (χ0v) is 67.0. The number of likely N-dealkylation sites (N-methyl/N-ethyl adjacent to an activating group) is 6. The molecule has 12 amide bonds. The van der Waals surface area contributed by atoms with Crippen LogP contribution in [0.1, 0.15) is 233 Å². The lowest BCUT2D eigenvalue weighted by Gasteiger charge is -2.43. The summed E-state index contributed by atoms with van der Waals surface area (Å²) in [5.41, 5.74) is -1.57. The van der Waals surface area contributed by atoms with E-state index in [4.69, 9.17) is 11.6 Å². The van der Waals surface area contributed by atoms with Crippen LogP contribution < -0.4 is 16.0 Å². The van der Waals surface area contributed by atoms with Crippen molar-refractivity contribution in [1.29, 1.82) is 0 Å². The Morgan fingerprint density at radius 1 is 0.593 bits per heavy atom. The van der Waals surface area contributed by atoms with Crippen LogP contribution >= 0.6 is 11.6 Å². The first-order chi connectivity index (χ1) is 51.1. The molecule has 5 aliphatic carbocycles. The van der Waals surface area contributed by atoms with Crippen LogP contribution in [0.2, 0.25) is 0 Å². The lowest BCUT2D eigenvalue weighted by molar-refractivity contribution is -0.182. The fourth-order valence-corrected chi connectivity index (χ4v) is 19.3. The number of alkyl halides is 5. The molecule has 610 valence electrons. The van der Waals surface area contributed by atoms with Gasteiger partial charge in [-0.1, -0.05) is 98.3 Å². The second-order valence-corrected chi connectivity index (χ2v) is 34.6. The van der Waals surface area contributed by atoms with E-state index in [1.54, 1.807) is 14.0 Å². The molecule has 0 aromatic carbocycles. The maximum atomic E-state index is 16.3. The van der Waals surface area contributed by atoms with Gasteiger partial charge in [0.2, 0.25) is 70.9 Å². The number of fused-ring (bicyclic) bond motifs is 3. The van der Waals surface area contributed by atoms with E-state index in [2.05, 4.69) is 16.0 Å². The summed E-state index contributed by atoms with van der Waals surface area (Å²) in [6.07, 6.45) is 6.36. The van der Waals surface area contributed by atoms with Gasteiger partial charge in [-0.25, -0.2) is 4.39 Å². The average molecular weight is 1550 g/mol. The summed E-state index contributed by atoms with van der Waals surface area (Å²) in [7, 11) is 10.4. The minimum Gasteiger partial charge on any atom is -0.347 e. The predicted molar refractivity (Wildman–Crippen MR) is 400 cm³/mol. The third-order valence-corrected chi connectivity index (χ3v) is 26.1. The molecular formula is C79H127ClF4N12O12. The Balaban J connectivity index is 1.20. The van der Waals surface area contributed by atoms with Crippen molar-refractivity contribution in [2.45, 2.75) is 305 Å². The summed E-state index contributed by atoms with van der Waals surface area (Å²) < 4.78 is 57.2. The highest BCUT2D eigenvalue weighted by molar-refractivity contribution is 6.21. The molecule has 3 N–H and O–H groups in total. The van der Waals surface area contributed by atoms with Crippen LogP contribution in [0.25, 0.3) is 0 Å². The highest BCUT2D eigenvalue weighted by Crippen LogP contribution is 2.44. The lowest BCUT2D eigenvalue weighted by atomic mass is 9.78. The van der Waals surface area contributed by atoms with Gasteiger partial charge < -0.3 is 60.0 Å². The molecule has 12 atom stereocenters. The first kappa shape index (κ1) is 87.2. The molecule has 2 bridgehead atoms. The number of nitrogens with one attached hydrogen (secondary N) is 3. The Bertz CT molecular complexity index is 3140. The second kappa shape index (κ2) is 39.2. The van der Waals surface area contributed by atoms with E-state index in [1.807, 2.05) is 20.8 Å². The summed E-state index contributed by atoms with van der Waals surface area (Å²) in [6.45, 7) is 6.43. The standard InChI is InChI=1S/C79H127ClF4N12O12/c1-12-50(4)67-75(106)90(8)48-66(99)91(9)60-27-14-13-21-40-95(74(60)105)62(45-53-29-33-55(81)34-30-53)73(104)89(7)47-64(97)85-58(36-32-52-31-35-56(57(80)44-52)79(82,83)84)71(102)94-41-22-28-59(94)70(101)87-78(38-19-20-39-78)77(108)93(11)68(54-25-17-18-26-54)76(107)96(42-37-51-23-15-16-24-51)63(72(103)88(5)6)46-65(98)92(10)61(43-49(2)3)69(100)86-67/h49-63,67-68H,12-48H2,1-11H3,(H,85,97)(H,86,100)(H,87,101)/t50-,52?,53?,55?,56?,57?,58-,59-,60-,61-,62-,63-,67-,68-/m0/s1. The molecule has 3 aliphatic heterocycles. The fraction of sp³-hybridized carbons (Fsp3) is 0.848. The summed E-state index contributed by atoms with van der Waals surface area (Å²) in [5.74, 6) is -10.7. The molecule has 8 aliphatic rings. The van der Waals surface area contributed by atoms with E-state index in [0.717, 1.165) is 43.4 Å². The van der Waals surface area contributed by atoms with E-state index in [9.17, 15) is 31.9 Å². The molecule has 108 heavy (non-hydrogen) atoms. The van der Waals surface area contributed by atoms with Crippen molar-refractivity contribution in [3.8, 4) is 0 Å². The quantitative estimate of drug-likeness (QED) is 0.109. The predicted octanol–water partition coefficient (Wildman–Crippen LogP) is 8.38. The van der Waals surface area contributed by atoms with Crippen LogP contribution in [-0.2, 0) is 57.5 Å². The van der Waals surface area contributed by atoms with Gasteiger partial charge in [-0.3, -0.25) is 57.5 Å². The normalized spacial score (nSPS) is 31.3. The van der Waals surface area contributed by atoms with Gasteiger partial charge in [0.05, 0.1) is 25.4 Å². The summed E-state index contributed by atoms with van der Waals surface area (Å²) in [6, 6.07) is -9.89. The number of hydrogen-bond donors (Lipinski definition) is 3. The van der Waals surface area contributed by atoms with E-state index in [-0.39, 0.29) is 127 Å². The Morgan fingerprint density at radius 2 is 1.20 bits per heavy atom. The van der Waals surface area contributed by atoms with Crippen LogP contribution in [0.3, 0.4) is 0 Å². The SMILES string of the molecule is CC[C@H](C)[C@@H]1NC(=O)[C@H](CC(C)C)N(C)C(=O)C[C@@H](C(=O)N(C)C)N(CCC2CCCC2)C(=O)[C@H](C2CCCC2)N(C)C(=O)C2(CCCC2)NC(=O)[C@@H]2CCCN2C(=O)[C@H](CCC2CCC(C(F)(F)F)C(Cl)C2)NC(=O)CN(C)C(=O)[C@H](CC2CCC(F)CC2)N2CCCCC[C@@H](C2=O)N(C)C(=O)CN(C)C1=O. The molecule has 5 saturated carbocycles. The van der Waals surface area contributed by atoms with Crippen molar-refractivity contribution < 1.29 is 75.1 Å². The van der Waals surface area contributed by atoms with Crippen molar-refractivity contribution in [1.82, 2.24) is 60.0 Å². The number of rotatable bonds is 14. The van der Waals surface area contributed by atoms with Crippen LogP contribution in [0.15, 0.2) is 0 Å². The van der Waals surface area contributed by atoms with Crippen LogP contribution in [0.4, 0.5) is 17.6 Å². The largest absolute Gasteiger partial charge is 0.393 e. The third kappa shape index (κ3) is 21.9. The van der Waals surface area contributed by atoms with Gasteiger partial charge in [0, 0.05) is 74.3 Å². The van der Waals surface area contributed by atoms with E-state index in [1.165, 1.54) is 81.5 Å². The molecule has 3 heterocycles. The highest BCUT2D eigenvalue weighted by Gasteiger charge is 2.53. The molecule has 29 heteroatoms. The summed E-state index contributed by atoms with van der Waals surface area (Å²) in [4.78, 5) is 196. The molecule has 1 spiro atoms. The lowest BCUT2D eigenvalue weighted by Crippen LogP contribution is -2.65. The molecule has 0 radical (unpaired) electrons. The van der Waals surface area contributed by atoms with Crippen molar-refractivity contribution in [3.63, 3.8) is 0 Å². The molecule has 24 nitrogen and oxygen atoms in total. The Kier molecular flexibility index (Phi) is 31.7. The molecule has 3 unspecified atom stereocenters. The van der Waals surface area contributed by atoms with Crippen LogP contribution in [0, 0.1) is 41.4 Å². The average Bonchev–Trinajstić information content (AvgIpc) is 1.51. The van der Waals surface area contributed by atoms with Crippen LogP contribution in [0.5, 0.6) is 0 Å². The Morgan fingerprint density at radius 3 is 1.82 bits per heavy atom. The van der Waals surface area contributed by atoms with Gasteiger partial charge in [-0.15, -0.1) is 11.6 Å². The molecule has 0 aromatic heterocycles. The van der Waals surface area contributed by atoms with Crippen LogP contribution in [-0.4, -0.2) is 269 Å². The smallest absolute Gasteiger partial charge is 0.347 e. The number of carbonyl (C=O) groups is 12. The minimum absolute atomic E-state index is 0.0152. The van der Waals surface area contributed by atoms with Gasteiger partial charge in [-0.2, -0.15) is 13.2 Å². The zero-order valence-electron chi connectivity index (χ0n) is 66.3. The Hall–Kier alpha value is -6.35. The van der Waals surface area contributed by atoms with Gasteiger partial charge in [0.15, 0.2) is 0 Å². The van der Waals surface area contributed by atoms with Gasteiger partial charge >= 0.3 is 6.18 Å². The van der Waals surface area contributed by atoms with Crippen molar-refractivity contribution >= 4 is 82.5 Å². The highest BCUT2D eigenvalue weighted by atomic mass is 35.5.